The number of hydrogen-bond donors (Lipinski definition) is 0. The minimum atomic E-state index is -0.546. The predicted octanol–water partition coefficient (Wildman–Crippen LogP) is 0.428. The van der Waals surface area contributed by atoms with Gasteiger partial charge in [-0.3, -0.25) is 0 Å². The minimum absolute atomic E-state index is 0.336. The summed E-state index contributed by atoms with van der Waals surface area (Å²) in [5.41, 5.74) is -0.336. The van der Waals surface area contributed by atoms with E-state index in [0.717, 1.165) is 0 Å². The fraction of sp³-hybridized carbons (Fsp3) is 1.00. The van der Waals surface area contributed by atoms with Crippen molar-refractivity contribution in [3.8, 4) is 0 Å². The summed E-state index contributed by atoms with van der Waals surface area (Å²) in [5.74, 6) is 0. The summed E-state index contributed by atoms with van der Waals surface area (Å²) in [6.45, 7) is 0.407. The van der Waals surface area contributed by atoms with Crippen molar-refractivity contribution >= 4 is 11.6 Å². The van der Waals surface area contributed by atoms with Gasteiger partial charge in [0, 0.05) is 0 Å². The summed E-state index contributed by atoms with van der Waals surface area (Å²) < 4.78 is 9.43. The van der Waals surface area contributed by atoms with E-state index in [4.69, 9.17) is 21.1 Å². The third kappa shape index (κ3) is 1.59. The Bertz CT molecular complexity index is 62.0. The molecule has 1 rings (SSSR count). The molecule has 2 unspecified atom stereocenters. The van der Waals surface area contributed by atoms with Crippen LogP contribution < -0.4 is 0 Å². The fourth-order valence-electron chi connectivity index (χ4n) is 0.327. The molecule has 0 N–H and O–H groups in total. The molecule has 0 bridgehead atoms. The average molecular weight is 171 g/mol. The van der Waals surface area contributed by atoms with Gasteiger partial charge < -0.3 is 0 Å². The van der Waals surface area contributed by atoms with Crippen molar-refractivity contribution in [2.45, 2.75) is 10.8 Å². The van der Waals surface area contributed by atoms with Crippen LogP contribution in [0.2, 0.25) is 0 Å². The van der Waals surface area contributed by atoms with E-state index in [1.807, 2.05) is 0 Å². The molecule has 1 saturated heterocycles. The van der Waals surface area contributed by atoms with E-state index < -0.39 is 5.19 Å². The topological polar surface area (TPSA) is 18.5 Å². The van der Waals surface area contributed by atoms with Crippen molar-refractivity contribution in [3.63, 3.8) is 0 Å². The van der Waals surface area contributed by atoms with Crippen LogP contribution >= 0.6 is 11.6 Å². The molecule has 1 aliphatic rings. The Morgan fingerprint density at radius 1 is 1.71 bits per heavy atom. The average Bonchev–Trinajstić information content (AvgIpc) is 1.87. The van der Waals surface area contributed by atoms with Gasteiger partial charge in [-0.25, -0.2) is 0 Å². The molecular weight excluding hydrogens is 167 g/mol. The zero-order chi connectivity index (χ0) is 5.28. The first-order chi connectivity index (χ1) is 3.29. The van der Waals surface area contributed by atoms with Crippen molar-refractivity contribution in [1.29, 1.82) is 0 Å². The van der Waals surface area contributed by atoms with Crippen LogP contribution in [0.3, 0.4) is 0 Å². The number of rotatable bonds is 0. The zero-order valence-electron chi connectivity index (χ0n) is 3.36. The Kier molecular flexibility index (Phi) is 1.95. The van der Waals surface area contributed by atoms with Gasteiger partial charge in [-0.1, -0.05) is 0 Å². The molecule has 1 fully saturated rings. The van der Waals surface area contributed by atoms with E-state index in [9.17, 15) is 0 Å². The van der Waals surface area contributed by atoms with Gasteiger partial charge in [0.15, 0.2) is 0 Å². The predicted molar refractivity (Wildman–Crippen MR) is 20.5 cm³/mol. The molecule has 0 aromatic rings. The number of ether oxygens (including phenoxy) is 2. The van der Waals surface area contributed by atoms with Crippen LogP contribution in [0, 0.1) is 0 Å². The number of hydrogen-bond acceptors (Lipinski definition) is 2. The molecule has 0 spiro atoms. The second-order valence-corrected chi connectivity index (χ2v) is 2.05. The maximum atomic E-state index is 5.39. The van der Waals surface area contributed by atoms with Gasteiger partial charge in [-0.2, -0.15) is 0 Å². The van der Waals surface area contributed by atoms with E-state index in [-0.39, 0.29) is 5.56 Å². The van der Waals surface area contributed by atoms with Crippen LogP contribution in [0.4, 0.5) is 0 Å². The molecule has 2 nitrogen and oxygen atoms in total. The third-order valence-corrected chi connectivity index (χ3v) is 1.10. The molecule has 2 atom stereocenters. The van der Waals surface area contributed by atoms with Gasteiger partial charge >= 0.3 is 54.4 Å². The second-order valence-electron chi connectivity index (χ2n) is 1.12. The maximum absolute atomic E-state index is 5.39. The molecule has 0 aromatic heterocycles. The van der Waals surface area contributed by atoms with Crippen molar-refractivity contribution in [2.75, 3.05) is 6.61 Å². The Hall–Kier alpha value is 0.729. The van der Waals surface area contributed by atoms with Crippen molar-refractivity contribution < 1.29 is 25.5 Å². The Morgan fingerprint density at radius 2 is 2.43 bits per heavy atom. The molecule has 1 aliphatic heterocycles. The van der Waals surface area contributed by atoms with E-state index >= 15 is 0 Å². The van der Waals surface area contributed by atoms with Crippen molar-refractivity contribution in [2.24, 2.45) is 0 Å². The molecule has 0 aliphatic carbocycles. The molecular formula is C3H4ClCuO2. The van der Waals surface area contributed by atoms with Gasteiger partial charge in [-0.15, -0.1) is 0 Å². The van der Waals surface area contributed by atoms with Crippen LogP contribution in [0.1, 0.15) is 0 Å². The summed E-state index contributed by atoms with van der Waals surface area (Å²) in [5, 5.41) is -0.546. The Balaban J connectivity index is 2.26. The van der Waals surface area contributed by atoms with Crippen LogP contribution in [-0.4, -0.2) is 17.4 Å². The number of halogens is 1. The molecule has 0 radical (unpaired) electrons. The first-order valence-electron chi connectivity index (χ1n) is 1.80. The van der Waals surface area contributed by atoms with Gasteiger partial charge in [0.25, 0.3) is 0 Å². The van der Waals surface area contributed by atoms with Crippen molar-refractivity contribution in [1.82, 2.24) is 0 Å². The summed E-state index contributed by atoms with van der Waals surface area (Å²) in [6, 6.07) is 0. The first kappa shape index (κ1) is 5.86. The van der Waals surface area contributed by atoms with Gasteiger partial charge in [-0.05, 0) is 0 Å². The molecule has 1 heterocycles. The van der Waals surface area contributed by atoms with E-state index in [1.54, 1.807) is 0 Å². The molecule has 46 valence electrons. The second kappa shape index (κ2) is 2.33. The van der Waals surface area contributed by atoms with Crippen molar-refractivity contribution in [3.05, 3.63) is 0 Å². The van der Waals surface area contributed by atoms with Gasteiger partial charge in [0.2, 0.25) is 0 Å². The summed E-state index contributed by atoms with van der Waals surface area (Å²) in [4.78, 5) is 0. The fourth-order valence-corrected chi connectivity index (χ4v) is 0.800. The Morgan fingerprint density at radius 3 is 2.57 bits per heavy atom. The summed E-state index contributed by atoms with van der Waals surface area (Å²) in [6.07, 6.45) is 0. The first-order valence-corrected chi connectivity index (χ1v) is 2.78. The normalized spacial score (nSPS) is 42.1. The quantitative estimate of drug-likeness (QED) is 0.388. The standard InChI is InChI=1S/C3H4ClO2.Cu/c4-3-1-5-2-6-3;/h2-3H,1H2;. The van der Waals surface area contributed by atoms with Crippen LogP contribution in [0.5, 0.6) is 0 Å². The SMILES string of the molecule is ClC1CO[CH]([Cu])O1. The van der Waals surface area contributed by atoms with Crippen LogP contribution in [0.15, 0.2) is 0 Å². The van der Waals surface area contributed by atoms with Crippen LogP contribution in [0.25, 0.3) is 0 Å². The summed E-state index contributed by atoms with van der Waals surface area (Å²) in [7, 11) is 0. The van der Waals surface area contributed by atoms with E-state index in [2.05, 4.69) is 16.0 Å². The van der Waals surface area contributed by atoms with E-state index in [0.29, 0.717) is 6.61 Å². The monoisotopic (exact) mass is 170 g/mol. The third-order valence-electron chi connectivity index (χ3n) is 0.590. The van der Waals surface area contributed by atoms with Crippen LogP contribution in [-0.2, 0) is 25.5 Å². The van der Waals surface area contributed by atoms with Gasteiger partial charge in [0.1, 0.15) is 0 Å². The molecule has 0 saturated carbocycles. The molecule has 0 aromatic carbocycles. The zero-order valence-corrected chi connectivity index (χ0v) is 5.06. The van der Waals surface area contributed by atoms with E-state index in [1.165, 1.54) is 0 Å². The Labute approximate surface area is 54.9 Å². The number of alkyl halides is 1. The summed E-state index contributed by atoms with van der Waals surface area (Å²) >= 11 is 10.1. The molecule has 7 heavy (non-hydrogen) atoms. The van der Waals surface area contributed by atoms with Gasteiger partial charge in [0.05, 0.1) is 0 Å². The molecule has 0 amide bonds. The molecule has 4 heteroatoms.